The highest BCUT2D eigenvalue weighted by Crippen LogP contribution is 2.28. The number of methoxy groups -OCH3 is 1. The van der Waals surface area contributed by atoms with E-state index in [0.29, 0.717) is 37.2 Å². The maximum atomic E-state index is 13.4. The molecule has 0 aromatic heterocycles. The number of sulfonamides is 1. The van der Waals surface area contributed by atoms with Crippen molar-refractivity contribution in [3.8, 4) is 5.75 Å². The highest BCUT2D eigenvalue weighted by atomic mass is 32.2. The third-order valence-corrected chi connectivity index (χ3v) is 6.79. The van der Waals surface area contributed by atoms with E-state index in [1.165, 1.54) is 25.3 Å². The van der Waals surface area contributed by atoms with Crippen LogP contribution < -0.4 is 9.46 Å². The molecule has 1 saturated heterocycles. The second-order valence-corrected chi connectivity index (χ2v) is 8.97. The Morgan fingerprint density at radius 3 is 2.41 bits per heavy atom. The molecule has 1 fully saturated rings. The smallest absolute Gasteiger partial charge is 0.253 e. The number of piperidine rings is 1. The summed E-state index contributed by atoms with van der Waals surface area (Å²) in [6, 6.07) is 8.61. The van der Waals surface area contributed by atoms with Crippen LogP contribution in [-0.4, -0.2) is 45.5 Å². The minimum Gasteiger partial charge on any atom is -0.495 e. The van der Waals surface area contributed by atoms with Crippen LogP contribution in [0.15, 0.2) is 41.3 Å². The zero-order valence-corrected chi connectivity index (χ0v) is 17.6. The zero-order valence-electron chi connectivity index (χ0n) is 16.7. The van der Waals surface area contributed by atoms with E-state index in [1.54, 1.807) is 23.1 Å². The Kier molecular flexibility index (Phi) is 6.24. The SMILES string of the molecule is COc1cc(C)c(C)cc1S(=O)(=O)NC1CCN(C(=O)c2cccc(F)c2)CC1. The summed E-state index contributed by atoms with van der Waals surface area (Å²) in [5.74, 6) is -0.401. The van der Waals surface area contributed by atoms with E-state index in [4.69, 9.17) is 4.74 Å². The van der Waals surface area contributed by atoms with Crippen LogP contribution in [0.25, 0.3) is 0 Å². The molecule has 8 heteroatoms. The van der Waals surface area contributed by atoms with Crippen molar-refractivity contribution in [1.82, 2.24) is 9.62 Å². The molecule has 3 rings (SSSR count). The van der Waals surface area contributed by atoms with E-state index >= 15 is 0 Å². The summed E-state index contributed by atoms with van der Waals surface area (Å²) >= 11 is 0. The van der Waals surface area contributed by atoms with Gasteiger partial charge in [0.25, 0.3) is 5.91 Å². The van der Waals surface area contributed by atoms with Crippen molar-refractivity contribution >= 4 is 15.9 Å². The molecule has 1 aliphatic rings. The van der Waals surface area contributed by atoms with Crippen LogP contribution >= 0.6 is 0 Å². The molecular formula is C21H25FN2O4S. The second kappa shape index (κ2) is 8.51. The Morgan fingerprint density at radius 2 is 1.79 bits per heavy atom. The number of ether oxygens (including phenoxy) is 1. The maximum Gasteiger partial charge on any atom is 0.253 e. The number of rotatable bonds is 5. The molecule has 0 bridgehead atoms. The molecule has 1 heterocycles. The number of nitrogens with one attached hydrogen (secondary N) is 1. The molecule has 0 atom stereocenters. The Balaban J connectivity index is 1.67. The summed E-state index contributed by atoms with van der Waals surface area (Å²) in [7, 11) is -2.32. The van der Waals surface area contributed by atoms with Gasteiger partial charge in [-0.1, -0.05) is 6.07 Å². The standard InChI is InChI=1S/C21H25FN2O4S/c1-14-11-19(28-3)20(12-15(14)2)29(26,27)23-18-7-9-24(10-8-18)21(25)16-5-4-6-17(22)13-16/h4-6,11-13,18,23H,7-10H2,1-3H3. The molecule has 1 amide bonds. The first kappa shape index (κ1) is 21.3. The van der Waals surface area contributed by atoms with Crippen LogP contribution in [0.2, 0.25) is 0 Å². The van der Waals surface area contributed by atoms with Gasteiger partial charge in [0.15, 0.2) is 0 Å². The summed E-state index contributed by atoms with van der Waals surface area (Å²) in [4.78, 5) is 14.3. The lowest BCUT2D eigenvalue weighted by Crippen LogP contribution is -2.46. The van der Waals surface area contributed by atoms with Gasteiger partial charge in [-0.05, 0) is 68.1 Å². The van der Waals surface area contributed by atoms with Crippen molar-refractivity contribution in [1.29, 1.82) is 0 Å². The number of benzene rings is 2. The fourth-order valence-corrected chi connectivity index (χ4v) is 4.96. The molecule has 2 aromatic carbocycles. The number of hydrogen-bond donors (Lipinski definition) is 1. The van der Waals surface area contributed by atoms with Gasteiger partial charge in [-0.15, -0.1) is 0 Å². The molecule has 0 radical (unpaired) electrons. The second-order valence-electron chi connectivity index (χ2n) is 7.29. The van der Waals surface area contributed by atoms with Crippen LogP contribution in [0.5, 0.6) is 5.75 Å². The van der Waals surface area contributed by atoms with E-state index in [9.17, 15) is 17.6 Å². The van der Waals surface area contributed by atoms with Crippen LogP contribution in [0.4, 0.5) is 4.39 Å². The Morgan fingerprint density at radius 1 is 1.14 bits per heavy atom. The molecule has 6 nitrogen and oxygen atoms in total. The summed E-state index contributed by atoms with van der Waals surface area (Å²) in [6.07, 6.45) is 0.959. The summed E-state index contributed by atoms with van der Waals surface area (Å²) in [6.45, 7) is 4.54. The van der Waals surface area contributed by atoms with Crippen molar-refractivity contribution in [3.05, 3.63) is 58.9 Å². The first-order chi connectivity index (χ1) is 13.7. The predicted octanol–water partition coefficient (Wildman–Crippen LogP) is 3.03. The highest BCUT2D eigenvalue weighted by Gasteiger charge is 2.29. The molecule has 0 spiro atoms. The Labute approximate surface area is 170 Å². The highest BCUT2D eigenvalue weighted by molar-refractivity contribution is 7.89. The van der Waals surface area contributed by atoms with E-state index in [1.807, 2.05) is 13.8 Å². The van der Waals surface area contributed by atoms with Crippen molar-refractivity contribution in [2.45, 2.75) is 37.6 Å². The van der Waals surface area contributed by atoms with Gasteiger partial charge in [0.2, 0.25) is 10.0 Å². The summed E-state index contributed by atoms with van der Waals surface area (Å²) in [5.41, 5.74) is 2.11. The van der Waals surface area contributed by atoms with Crippen molar-refractivity contribution in [3.63, 3.8) is 0 Å². The number of hydrogen-bond acceptors (Lipinski definition) is 4. The number of carbonyl (C=O) groups excluding carboxylic acids is 1. The molecule has 0 saturated carbocycles. The van der Waals surface area contributed by atoms with E-state index in [-0.39, 0.29) is 16.8 Å². The molecule has 29 heavy (non-hydrogen) atoms. The Bertz CT molecular complexity index is 1020. The monoisotopic (exact) mass is 420 g/mol. The lowest BCUT2D eigenvalue weighted by molar-refractivity contribution is 0.0711. The summed E-state index contributed by atoms with van der Waals surface area (Å²) < 4.78 is 47.2. The third kappa shape index (κ3) is 4.76. The lowest BCUT2D eigenvalue weighted by atomic mass is 10.0. The number of halogens is 1. The van der Waals surface area contributed by atoms with Gasteiger partial charge in [0.1, 0.15) is 16.5 Å². The van der Waals surface area contributed by atoms with Crippen molar-refractivity contribution in [2.24, 2.45) is 0 Å². The van der Waals surface area contributed by atoms with Crippen molar-refractivity contribution < 1.29 is 22.3 Å². The fourth-order valence-electron chi connectivity index (χ4n) is 3.42. The average molecular weight is 421 g/mol. The molecule has 0 unspecified atom stereocenters. The largest absolute Gasteiger partial charge is 0.495 e. The van der Waals surface area contributed by atoms with Gasteiger partial charge in [0, 0.05) is 24.7 Å². The lowest BCUT2D eigenvalue weighted by Gasteiger charge is -2.32. The van der Waals surface area contributed by atoms with Crippen molar-refractivity contribution in [2.75, 3.05) is 20.2 Å². The van der Waals surface area contributed by atoms with Gasteiger partial charge >= 0.3 is 0 Å². The number of carbonyl (C=O) groups is 1. The molecule has 2 aromatic rings. The fraction of sp³-hybridized carbons (Fsp3) is 0.381. The quantitative estimate of drug-likeness (QED) is 0.807. The topological polar surface area (TPSA) is 75.7 Å². The maximum absolute atomic E-state index is 13.4. The number of likely N-dealkylation sites (tertiary alicyclic amines) is 1. The number of nitrogens with zero attached hydrogens (tertiary/aromatic N) is 1. The Hall–Kier alpha value is -2.45. The first-order valence-electron chi connectivity index (χ1n) is 9.43. The molecular weight excluding hydrogens is 395 g/mol. The normalized spacial score (nSPS) is 15.4. The van der Waals surface area contributed by atoms with Crippen LogP contribution in [0.3, 0.4) is 0 Å². The third-order valence-electron chi connectivity index (χ3n) is 5.25. The van der Waals surface area contributed by atoms with E-state index in [0.717, 1.165) is 11.1 Å². The van der Waals surface area contributed by atoms with E-state index < -0.39 is 15.8 Å². The van der Waals surface area contributed by atoms with Gasteiger partial charge in [-0.2, -0.15) is 0 Å². The van der Waals surface area contributed by atoms with Gasteiger partial charge < -0.3 is 9.64 Å². The number of amides is 1. The zero-order chi connectivity index (χ0) is 21.2. The molecule has 0 aliphatic carbocycles. The molecule has 1 aliphatic heterocycles. The molecule has 1 N–H and O–H groups in total. The van der Waals surface area contributed by atoms with Crippen LogP contribution in [-0.2, 0) is 10.0 Å². The first-order valence-corrected chi connectivity index (χ1v) is 10.9. The van der Waals surface area contributed by atoms with Gasteiger partial charge in [-0.25, -0.2) is 17.5 Å². The average Bonchev–Trinajstić information content (AvgIpc) is 2.69. The summed E-state index contributed by atoms with van der Waals surface area (Å²) in [5, 5.41) is 0. The molecule has 156 valence electrons. The van der Waals surface area contributed by atoms with Gasteiger partial charge in [-0.3, -0.25) is 4.79 Å². The van der Waals surface area contributed by atoms with E-state index in [2.05, 4.69) is 4.72 Å². The minimum atomic E-state index is -3.77. The van der Waals surface area contributed by atoms with Crippen LogP contribution in [0.1, 0.15) is 34.3 Å². The van der Waals surface area contributed by atoms with Gasteiger partial charge in [0.05, 0.1) is 7.11 Å². The number of aryl methyl sites for hydroxylation is 2. The van der Waals surface area contributed by atoms with Crippen LogP contribution in [0, 0.1) is 19.7 Å². The minimum absolute atomic E-state index is 0.112. The predicted molar refractivity (Wildman–Crippen MR) is 108 cm³/mol.